The number of carbonyl (C=O) groups excluding carboxylic acids is 1. The Balaban J connectivity index is 2.95. The summed E-state index contributed by atoms with van der Waals surface area (Å²) in [5.74, 6) is -0.934. The van der Waals surface area contributed by atoms with E-state index in [4.69, 9.17) is 4.74 Å². The maximum Gasteiger partial charge on any atom is 0.338 e. The fraction of sp³-hybridized carbons (Fsp3) is 0.462. The average molecular weight is 256 g/mol. The lowest BCUT2D eigenvalue weighted by atomic mass is 10.1. The van der Waals surface area contributed by atoms with Crippen LogP contribution in [0, 0.1) is 12.7 Å². The summed E-state index contributed by atoms with van der Waals surface area (Å²) >= 11 is 0. The van der Waals surface area contributed by atoms with E-state index in [0.29, 0.717) is 12.0 Å². The van der Waals surface area contributed by atoms with Crippen molar-refractivity contribution in [2.45, 2.75) is 26.4 Å². The molecule has 0 aromatic heterocycles. The van der Waals surface area contributed by atoms with Crippen LogP contribution in [-0.4, -0.2) is 30.9 Å². The monoisotopic (exact) mass is 256 g/mol. The van der Waals surface area contributed by atoms with Gasteiger partial charge in [-0.25, -0.2) is 9.18 Å². The zero-order valence-electron chi connectivity index (χ0n) is 10.7. The maximum absolute atomic E-state index is 13.6. The molecule has 1 atom stereocenters. The van der Waals surface area contributed by atoms with E-state index in [-0.39, 0.29) is 17.9 Å². The van der Waals surface area contributed by atoms with Crippen molar-refractivity contribution in [2.24, 2.45) is 0 Å². The average Bonchev–Trinajstić information content (AvgIpc) is 2.38. The van der Waals surface area contributed by atoms with Gasteiger partial charge >= 0.3 is 5.97 Å². The number of ether oxygens (including phenoxy) is 2. The molecule has 0 heterocycles. The topological polar surface area (TPSA) is 55.8 Å². The number of methoxy groups -OCH3 is 1. The fourth-order valence-corrected chi connectivity index (χ4v) is 1.34. The molecule has 1 N–H and O–H groups in total. The van der Waals surface area contributed by atoms with Gasteiger partial charge in [-0.2, -0.15) is 0 Å². The first-order valence-corrected chi connectivity index (χ1v) is 5.68. The second-order valence-corrected chi connectivity index (χ2v) is 3.95. The third-order valence-electron chi connectivity index (χ3n) is 2.62. The van der Waals surface area contributed by atoms with Crippen LogP contribution in [0.25, 0.3) is 0 Å². The first-order valence-electron chi connectivity index (χ1n) is 5.68. The first-order chi connectivity index (χ1) is 8.49. The van der Waals surface area contributed by atoms with Crippen LogP contribution in [0.3, 0.4) is 0 Å². The van der Waals surface area contributed by atoms with E-state index >= 15 is 0 Å². The number of aliphatic hydroxyl groups is 1. The van der Waals surface area contributed by atoms with E-state index in [1.54, 1.807) is 6.92 Å². The summed E-state index contributed by atoms with van der Waals surface area (Å²) < 4.78 is 23.4. The molecule has 100 valence electrons. The van der Waals surface area contributed by atoms with E-state index in [0.717, 1.165) is 6.07 Å². The van der Waals surface area contributed by atoms with E-state index in [1.807, 2.05) is 6.92 Å². The molecule has 1 aromatic carbocycles. The molecule has 1 aromatic rings. The molecule has 4 nitrogen and oxygen atoms in total. The molecule has 0 spiro atoms. The standard InChI is InChI=1S/C13H17FO4/c1-4-10(15)7-18-12-6-9(13(16)17-3)5-11(14)8(12)2/h5-6,10,15H,4,7H2,1-3H3. The normalized spacial score (nSPS) is 12.1. The van der Waals surface area contributed by atoms with Gasteiger partial charge in [0.15, 0.2) is 0 Å². The van der Waals surface area contributed by atoms with Crippen LogP contribution in [0.15, 0.2) is 12.1 Å². The van der Waals surface area contributed by atoms with E-state index in [1.165, 1.54) is 13.2 Å². The predicted octanol–water partition coefficient (Wildman–Crippen LogP) is 2.07. The minimum atomic E-state index is -0.630. The summed E-state index contributed by atoms with van der Waals surface area (Å²) in [5.41, 5.74) is 0.382. The largest absolute Gasteiger partial charge is 0.490 e. The Morgan fingerprint density at radius 2 is 2.17 bits per heavy atom. The Labute approximate surface area is 105 Å². The third-order valence-corrected chi connectivity index (χ3v) is 2.62. The van der Waals surface area contributed by atoms with Crippen LogP contribution in [-0.2, 0) is 4.74 Å². The van der Waals surface area contributed by atoms with Crippen molar-refractivity contribution in [1.82, 2.24) is 0 Å². The number of halogens is 1. The molecule has 0 aliphatic rings. The molecule has 0 aliphatic heterocycles. The van der Waals surface area contributed by atoms with Crippen LogP contribution in [0.5, 0.6) is 5.75 Å². The second-order valence-electron chi connectivity index (χ2n) is 3.95. The van der Waals surface area contributed by atoms with Crippen LogP contribution in [0.4, 0.5) is 4.39 Å². The van der Waals surface area contributed by atoms with Gasteiger partial charge in [0.05, 0.1) is 18.8 Å². The van der Waals surface area contributed by atoms with Gasteiger partial charge in [-0.15, -0.1) is 0 Å². The molecule has 1 rings (SSSR count). The van der Waals surface area contributed by atoms with Crippen LogP contribution >= 0.6 is 0 Å². The molecule has 0 aliphatic carbocycles. The summed E-state index contributed by atoms with van der Waals surface area (Å²) in [4.78, 5) is 11.3. The predicted molar refractivity (Wildman–Crippen MR) is 64.3 cm³/mol. The highest BCUT2D eigenvalue weighted by Crippen LogP contribution is 2.23. The van der Waals surface area contributed by atoms with Crippen molar-refractivity contribution < 1.29 is 23.8 Å². The van der Waals surface area contributed by atoms with Gasteiger partial charge in [-0.1, -0.05) is 6.92 Å². The first kappa shape index (κ1) is 14.4. The van der Waals surface area contributed by atoms with Gasteiger partial charge in [0.1, 0.15) is 18.2 Å². The second kappa shape index (κ2) is 6.35. The summed E-state index contributed by atoms with van der Waals surface area (Å²) in [6.45, 7) is 3.41. The number of rotatable bonds is 5. The Morgan fingerprint density at radius 3 is 2.72 bits per heavy atom. The van der Waals surface area contributed by atoms with Crippen LogP contribution < -0.4 is 4.74 Å². The quantitative estimate of drug-likeness (QED) is 0.819. The molecule has 5 heteroatoms. The van der Waals surface area contributed by atoms with Crippen LogP contribution in [0.1, 0.15) is 29.3 Å². The van der Waals surface area contributed by atoms with E-state index in [9.17, 15) is 14.3 Å². The number of hydrogen-bond acceptors (Lipinski definition) is 4. The summed E-state index contributed by atoms with van der Waals surface area (Å²) in [5, 5.41) is 9.39. The SMILES string of the molecule is CCC(O)COc1cc(C(=O)OC)cc(F)c1C. The smallest absolute Gasteiger partial charge is 0.338 e. The molecule has 0 amide bonds. The lowest BCUT2D eigenvalue weighted by Gasteiger charge is -2.13. The Kier molecular flexibility index (Phi) is 5.09. The minimum Gasteiger partial charge on any atom is -0.490 e. The molecule has 0 radical (unpaired) electrons. The minimum absolute atomic E-state index is 0.0570. The van der Waals surface area contributed by atoms with Gasteiger partial charge < -0.3 is 14.6 Å². The van der Waals surface area contributed by atoms with Gasteiger partial charge in [-0.05, 0) is 25.5 Å². The Morgan fingerprint density at radius 1 is 1.50 bits per heavy atom. The highest BCUT2D eigenvalue weighted by atomic mass is 19.1. The zero-order chi connectivity index (χ0) is 13.7. The Bertz CT molecular complexity index is 431. The Hall–Kier alpha value is -1.62. The van der Waals surface area contributed by atoms with E-state index in [2.05, 4.69) is 4.74 Å². The van der Waals surface area contributed by atoms with Crippen molar-refractivity contribution in [3.63, 3.8) is 0 Å². The highest BCUT2D eigenvalue weighted by Gasteiger charge is 2.14. The fourth-order valence-electron chi connectivity index (χ4n) is 1.34. The number of aliphatic hydroxyl groups excluding tert-OH is 1. The summed E-state index contributed by atoms with van der Waals surface area (Å²) in [6.07, 6.45) is -0.0765. The summed E-state index contributed by atoms with van der Waals surface area (Å²) in [6, 6.07) is 2.51. The molecule has 0 bridgehead atoms. The molecule has 18 heavy (non-hydrogen) atoms. The number of benzene rings is 1. The molecule has 0 saturated heterocycles. The number of carbonyl (C=O) groups is 1. The van der Waals surface area contributed by atoms with Crippen molar-refractivity contribution >= 4 is 5.97 Å². The summed E-state index contributed by atoms with van der Waals surface area (Å²) in [7, 11) is 1.22. The number of esters is 1. The highest BCUT2D eigenvalue weighted by molar-refractivity contribution is 5.90. The van der Waals surface area contributed by atoms with Gasteiger partial charge in [-0.3, -0.25) is 0 Å². The van der Waals surface area contributed by atoms with Gasteiger partial charge in [0.25, 0.3) is 0 Å². The maximum atomic E-state index is 13.6. The molecule has 1 unspecified atom stereocenters. The van der Waals surface area contributed by atoms with Crippen molar-refractivity contribution in [3.05, 3.63) is 29.1 Å². The van der Waals surface area contributed by atoms with Crippen molar-refractivity contribution in [3.8, 4) is 5.75 Å². The molecular formula is C13H17FO4. The molecule has 0 saturated carbocycles. The van der Waals surface area contributed by atoms with E-state index < -0.39 is 17.9 Å². The lowest BCUT2D eigenvalue weighted by Crippen LogP contribution is -2.17. The molecule has 0 fully saturated rings. The van der Waals surface area contributed by atoms with Crippen molar-refractivity contribution in [1.29, 1.82) is 0 Å². The number of hydrogen-bond donors (Lipinski definition) is 1. The molecular weight excluding hydrogens is 239 g/mol. The third kappa shape index (κ3) is 3.43. The van der Waals surface area contributed by atoms with Gasteiger partial charge in [0, 0.05) is 5.56 Å². The van der Waals surface area contributed by atoms with Gasteiger partial charge in [0.2, 0.25) is 0 Å². The van der Waals surface area contributed by atoms with Crippen LogP contribution in [0.2, 0.25) is 0 Å². The lowest BCUT2D eigenvalue weighted by molar-refractivity contribution is 0.0599. The van der Waals surface area contributed by atoms with Crippen molar-refractivity contribution in [2.75, 3.05) is 13.7 Å². The zero-order valence-corrected chi connectivity index (χ0v) is 10.7.